The number of rotatable bonds is 8. The molecule has 1 heterocycles. The summed E-state index contributed by atoms with van der Waals surface area (Å²) in [4.78, 5) is 0. The smallest absolute Gasteiger partial charge is 0.179 e. The van der Waals surface area contributed by atoms with Gasteiger partial charge < -0.3 is 9.88 Å². The molecule has 0 fully saturated rings. The average molecular weight is 669 g/mol. The van der Waals surface area contributed by atoms with E-state index in [9.17, 15) is 0 Å². The third-order valence-electron chi connectivity index (χ3n) is 10.1. The highest BCUT2D eigenvalue weighted by Gasteiger charge is 2.41. The first-order valence-corrected chi connectivity index (χ1v) is 19.5. The van der Waals surface area contributed by atoms with Crippen LogP contribution in [0.25, 0.3) is 38.6 Å². The summed E-state index contributed by atoms with van der Waals surface area (Å²) in [5, 5.41) is 11.7. The number of hydrogen-bond acceptors (Lipinski definition) is 1. The fourth-order valence-corrected chi connectivity index (χ4v) is 12.6. The number of fused-ring (bicyclic) bond motifs is 3. The van der Waals surface area contributed by atoms with Crippen LogP contribution in [0.15, 0.2) is 212 Å². The molecule has 0 spiro atoms. The molecule has 0 aliphatic carbocycles. The van der Waals surface area contributed by atoms with E-state index in [1.807, 2.05) is 0 Å². The Morgan fingerprint density at radius 1 is 0.353 bits per heavy atom. The van der Waals surface area contributed by atoms with Crippen LogP contribution in [-0.4, -0.2) is 12.6 Å². The highest BCUT2D eigenvalue weighted by Crippen LogP contribution is 2.38. The molecule has 9 rings (SSSR count). The molecule has 51 heavy (non-hydrogen) atoms. The van der Waals surface area contributed by atoms with Crippen LogP contribution in [0.4, 0.5) is 11.4 Å². The van der Waals surface area contributed by atoms with Gasteiger partial charge in [-0.15, -0.1) is 0 Å². The molecular formula is C48H36N2Si. The summed E-state index contributed by atoms with van der Waals surface area (Å²) in [6, 6.07) is 77.2. The SMILES string of the molecule is c1ccc(-n2c3ccccc3c3c(-c4ccc(Nc5ccc([Si](c6ccccc6)(c6ccccc6)c6ccccc6)cc5)cc4)cccc32)cc1. The van der Waals surface area contributed by atoms with Crippen molar-refractivity contribution in [1.82, 2.24) is 4.57 Å². The van der Waals surface area contributed by atoms with Gasteiger partial charge >= 0.3 is 0 Å². The molecule has 8 aromatic carbocycles. The third-order valence-corrected chi connectivity index (χ3v) is 14.9. The molecule has 0 bridgehead atoms. The Morgan fingerprint density at radius 3 is 1.37 bits per heavy atom. The van der Waals surface area contributed by atoms with Gasteiger partial charge in [-0.1, -0.05) is 164 Å². The molecule has 0 unspecified atom stereocenters. The van der Waals surface area contributed by atoms with Crippen LogP contribution in [0.3, 0.4) is 0 Å². The van der Waals surface area contributed by atoms with Crippen LogP contribution in [0.5, 0.6) is 0 Å². The van der Waals surface area contributed by atoms with E-state index in [1.165, 1.54) is 59.4 Å². The molecule has 0 aliphatic rings. The molecule has 0 amide bonds. The van der Waals surface area contributed by atoms with Gasteiger partial charge in [0.1, 0.15) is 0 Å². The Labute approximate surface area is 299 Å². The number of nitrogens with zero attached hydrogens (tertiary/aromatic N) is 1. The normalized spacial score (nSPS) is 11.5. The molecule has 0 aliphatic heterocycles. The van der Waals surface area contributed by atoms with Gasteiger partial charge in [0.05, 0.1) is 11.0 Å². The number of benzene rings is 8. The minimum absolute atomic E-state index is 1.06. The molecular weight excluding hydrogens is 633 g/mol. The lowest BCUT2D eigenvalue weighted by Crippen LogP contribution is -2.74. The second-order valence-electron chi connectivity index (χ2n) is 13.0. The zero-order valence-corrected chi connectivity index (χ0v) is 29.2. The van der Waals surface area contributed by atoms with Gasteiger partial charge in [0.15, 0.2) is 8.07 Å². The van der Waals surface area contributed by atoms with Gasteiger partial charge in [0.25, 0.3) is 0 Å². The van der Waals surface area contributed by atoms with Crippen molar-refractivity contribution in [2.45, 2.75) is 0 Å². The van der Waals surface area contributed by atoms with E-state index < -0.39 is 8.07 Å². The van der Waals surface area contributed by atoms with Crippen LogP contribution in [0.2, 0.25) is 0 Å². The predicted octanol–water partition coefficient (Wildman–Crippen LogP) is 9.57. The van der Waals surface area contributed by atoms with E-state index in [1.54, 1.807) is 0 Å². The molecule has 0 atom stereocenters. The molecule has 0 radical (unpaired) electrons. The van der Waals surface area contributed by atoms with Crippen LogP contribution >= 0.6 is 0 Å². The van der Waals surface area contributed by atoms with E-state index in [0.29, 0.717) is 0 Å². The fraction of sp³-hybridized carbons (Fsp3) is 0. The third kappa shape index (κ3) is 5.36. The Morgan fingerprint density at radius 2 is 0.804 bits per heavy atom. The van der Waals surface area contributed by atoms with Crippen molar-refractivity contribution in [2.24, 2.45) is 0 Å². The summed E-state index contributed by atoms with van der Waals surface area (Å²) in [6.07, 6.45) is 0. The summed E-state index contributed by atoms with van der Waals surface area (Å²) in [5.41, 5.74) is 8.15. The summed E-state index contributed by atoms with van der Waals surface area (Å²) in [5.74, 6) is 0. The molecule has 9 aromatic rings. The number of anilines is 2. The fourth-order valence-electron chi connectivity index (χ4n) is 7.88. The zero-order valence-electron chi connectivity index (χ0n) is 28.2. The summed E-state index contributed by atoms with van der Waals surface area (Å²) in [6.45, 7) is 0. The van der Waals surface area contributed by atoms with Crippen molar-refractivity contribution in [3.05, 3.63) is 212 Å². The average Bonchev–Trinajstić information content (AvgIpc) is 3.55. The molecule has 1 N–H and O–H groups in total. The van der Waals surface area contributed by atoms with Crippen molar-refractivity contribution in [1.29, 1.82) is 0 Å². The van der Waals surface area contributed by atoms with Crippen molar-refractivity contribution in [3.8, 4) is 16.8 Å². The van der Waals surface area contributed by atoms with Crippen molar-refractivity contribution >= 4 is 62.0 Å². The largest absolute Gasteiger partial charge is 0.356 e. The minimum Gasteiger partial charge on any atom is -0.356 e. The molecule has 2 nitrogen and oxygen atoms in total. The minimum atomic E-state index is -2.55. The lowest BCUT2D eigenvalue weighted by molar-refractivity contribution is 1.18. The van der Waals surface area contributed by atoms with E-state index in [4.69, 9.17) is 0 Å². The standard InChI is InChI=1S/C48H36N2Si/c1-5-16-39(17-6-1)50-46-26-14-13-24-45(46)48-44(25-15-27-47(48)50)36-28-30-37(31-29-36)49-38-32-34-43(35-33-38)51(40-18-7-2-8-19-40,41-20-9-3-10-21-41)42-22-11-4-12-23-42/h1-35,49H. The summed E-state index contributed by atoms with van der Waals surface area (Å²) >= 11 is 0. The lowest BCUT2D eigenvalue weighted by Gasteiger charge is -2.34. The molecule has 0 saturated carbocycles. The number of nitrogens with one attached hydrogen (secondary N) is 1. The van der Waals surface area contributed by atoms with Gasteiger partial charge in [-0.2, -0.15) is 0 Å². The summed E-state index contributed by atoms with van der Waals surface area (Å²) in [7, 11) is -2.55. The predicted molar refractivity (Wildman–Crippen MR) is 220 cm³/mol. The second-order valence-corrected chi connectivity index (χ2v) is 16.8. The first-order valence-electron chi connectivity index (χ1n) is 17.5. The van der Waals surface area contributed by atoms with Crippen LogP contribution in [0.1, 0.15) is 0 Å². The number of aromatic nitrogens is 1. The van der Waals surface area contributed by atoms with E-state index in [0.717, 1.165) is 11.4 Å². The quantitative estimate of drug-likeness (QED) is 0.126. The highest BCUT2D eigenvalue weighted by atomic mass is 28.3. The van der Waals surface area contributed by atoms with Gasteiger partial charge in [-0.3, -0.25) is 0 Å². The maximum absolute atomic E-state index is 3.68. The Balaban J connectivity index is 1.07. The summed E-state index contributed by atoms with van der Waals surface area (Å²) < 4.78 is 2.37. The van der Waals surface area contributed by atoms with Crippen LogP contribution in [0, 0.1) is 0 Å². The van der Waals surface area contributed by atoms with E-state index in [-0.39, 0.29) is 0 Å². The van der Waals surface area contributed by atoms with Gasteiger partial charge in [0.2, 0.25) is 0 Å². The second kappa shape index (κ2) is 13.1. The van der Waals surface area contributed by atoms with Gasteiger partial charge in [0, 0.05) is 27.8 Å². The first kappa shape index (κ1) is 30.6. The van der Waals surface area contributed by atoms with Gasteiger partial charge in [-0.05, 0) is 80.4 Å². The molecule has 242 valence electrons. The lowest BCUT2D eigenvalue weighted by atomic mass is 9.99. The topological polar surface area (TPSA) is 17.0 Å². The van der Waals surface area contributed by atoms with Crippen molar-refractivity contribution < 1.29 is 0 Å². The van der Waals surface area contributed by atoms with Crippen LogP contribution < -0.4 is 26.1 Å². The maximum Gasteiger partial charge on any atom is 0.179 e. The monoisotopic (exact) mass is 668 g/mol. The molecule has 3 heteroatoms. The van der Waals surface area contributed by atoms with Crippen molar-refractivity contribution in [2.75, 3.05) is 5.32 Å². The molecule has 0 saturated heterocycles. The molecule has 1 aromatic heterocycles. The Kier molecular flexibility index (Phi) is 7.88. The Hall–Kier alpha value is -6.42. The van der Waals surface area contributed by atoms with Crippen molar-refractivity contribution in [3.63, 3.8) is 0 Å². The van der Waals surface area contributed by atoms with Crippen LogP contribution in [-0.2, 0) is 0 Å². The highest BCUT2D eigenvalue weighted by molar-refractivity contribution is 7.19. The first-order chi connectivity index (χ1) is 25.3. The maximum atomic E-state index is 3.68. The number of para-hydroxylation sites is 2. The zero-order chi connectivity index (χ0) is 34.0. The van der Waals surface area contributed by atoms with E-state index >= 15 is 0 Å². The number of hydrogen-bond donors (Lipinski definition) is 1. The van der Waals surface area contributed by atoms with E-state index in [2.05, 4.69) is 222 Å². The van der Waals surface area contributed by atoms with Gasteiger partial charge in [-0.25, -0.2) is 0 Å². The Bertz CT molecular complexity index is 2460.